The summed E-state index contributed by atoms with van der Waals surface area (Å²) in [5.74, 6) is 0. The molecule has 1 atom stereocenters. The van der Waals surface area contributed by atoms with E-state index in [4.69, 9.17) is 0 Å². The molecule has 0 aromatic rings. The van der Waals surface area contributed by atoms with Crippen LogP contribution in [0.3, 0.4) is 0 Å². The molecule has 0 aliphatic carbocycles. The van der Waals surface area contributed by atoms with Crippen molar-refractivity contribution in [3.05, 3.63) is 10.3 Å². The molecule has 0 bridgehead atoms. The number of rotatable bonds is 9. The molecule has 0 radical (unpaired) electrons. The van der Waals surface area contributed by atoms with Crippen molar-refractivity contribution in [1.29, 1.82) is 0 Å². The summed E-state index contributed by atoms with van der Waals surface area (Å²) in [5.41, 5.74) is 0. The van der Waals surface area contributed by atoms with Crippen LogP contribution in [0.15, 0.2) is 10.3 Å². The van der Waals surface area contributed by atoms with Crippen LogP contribution < -0.4 is 0 Å². The van der Waals surface area contributed by atoms with E-state index in [1.54, 1.807) is 18.0 Å². The van der Waals surface area contributed by atoms with E-state index in [2.05, 4.69) is 13.0 Å². The van der Waals surface area contributed by atoms with Gasteiger partial charge in [0.2, 0.25) is 0 Å². The summed E-state index contributed by atoms with van der Waals surface area (Å²) in [7, 11) is -0.790. The van der Waals surface area contributed by atoms with Crippen LogP contribution >= 0.6 is 11.8 Å². The quantitative estimate of drug-likeness (QED) is 0.565. The Morgan fingerprint density at radius 2 is 1.80 bits per heavy atom. The van der Waals surface area contributed by atoms with Gasteiger partial charge in [0.15, 0.2) is 0 Å². The highest BCUT2D eigenvalue weighted by molar-refractivity contribution is 8.15. The van der Waals surface area contributed by atoms with E-state index >= 15 is 0 Å². The molecule has 0 rings (SSSR count). The molecule has 1 unspecified atom stereocenters. The molecule has 1 nitrogen and oxygen atoms in total. The summed E-state index contributed by atoms with van der Waals surface area (Å²) in [6.07, 6.45) is 14.9. The lowest BCUT2D eigenvalue weighted by atomic mass is 10.1. The smallest absolute Gasteiger partial charge is 0.0670 e. The molecule has 0 fully saturated rings. The van der Waals surface area contributed by atoms with Crippen molar-refractivity contribution in [2.45, 2.75) is 51.9 Å². The van der Waals surface area contributed by atoms with Gasteiger partial charge in [0.25, 0.3) is 0 Å². The predicted octanol–water partition coefficient (Wildman–Crippen LogP) is 4.32. The van der Waals surface area contributed by atoms with Gasteiger partial charge in [-0.1, -0.05) is 45.1 Å². The molecule has 0 heterocycles. The number of hydrogen-bond acceptors (Lipinski definition) is 2. The van der Waals surface area contributed by atoms with Crippen LogP contribution in [0.1, 0.15) is 51.9 Å². The number of hydrogen-bond donors (Lipinski definition) is 0. The van der Waals surface area contributed by atoms with Gasteiger partial charge in [-0.15, -0.1) is 11.8 Å². The number of thioether (sulfide) groups is 1. The zero-order valence-corrected chi connectivity index (χ0v) is 11.9. The van der Waals surface area contributed by atoms with E-state index < -0.39 is 10.8 Å². The molecule has 0 saturated heterocycles. The summed E-state index contributed by atoms with van der Waals surface area (Å²) in [5, 5.41) is 0. The third-order valence-electron chi connectivity index (χ3n) is 2.35. The van der Waals surface area contributed by atoms with Gasteiger partial charge in [-0.3, -0.25) is 4.21 Å². The monoisotopic (exact) mass is 248 g/mol. The van der Waals surface area contributed by atoms with Gasteiger partial charge in [0.1, 0.15) is 0 Å². The Bertz CT molecular complexity index is 200. The maximum absolute atomic E-state index is 11.2. The van der Waals surface area contributed by atoms with Crippen LogP contribution in [-0.2, 0) is 10.8 Å². The standard InChI is InChI=1S/C12H24OS2/c1-4-5-6-7-8-9-10-11-12(14-2)15(3)13/h11H,4-10H2,1-3H3/b12-11-. The van der Waals surface area contributed by atoms with E-state index in [1.165, 1.54) is 38.5 Å². The van der Waals surface area contributed by atoms with Crippen molar-refractivity contribution in [1.82, 2.24) is 0 Å². The average Bonchev–Trinajstić information content (AvgIpc) is 2.21. The summed E-state index contributed by atoms with van der Waals surface area (Å²) >= 11 is 1.61. The van der Waals surface area contributed by atoms with Gasteiger partial charge >= 0.3 is 0 Å². The van der Waals surface area contributed by atoms with Gasteiger partial charge in [-0.2, -0.15) is 0 Å². The van der Waals surface area contributed by atoms with Crippen LogP contribution in [0, 0.1) is 0 Å². The summed E-state index contributed by atoms with van der Waals surface area (Å²) in [4.78, 5) is 0. The molecular weight excluding hydrogens is 224 g/mol. The Hall–Kier alpha value is 0.240. The molecule has 3 heteroatoms. The third-order valence-corrected chi connectivity index (χ3v) is 4.86. The normalized spacial score (nSPS) is 14.2. The highest BCUT2D eigenvalue weighted by Gasteiger charge is 1.98. The first-order valence-corrected chi connectivity index (χ1v) is 8.58. The fraction of sp³-hybridized carbons (Fsp3) is 0.833. The highest BCUT2D eigenvalue weighted by Crippen LogP contribution is 2.17. The summed E-state index contributed by atoms with van der Waals surface area (Å²) < 4.78 is 12.2. The van der Waals surface area contributed by atoms with Gasteiger partial charge in [0, 0.05) is 6.26 Å². The fourth-order valence-electron chi connectivity index (χ4n) is 1.46. The lowest BCUT2D eigenvalue weighted by Gasteiger charge is -2.00. The van der Waals surface area contributed by atoms with Gasteiger partial charge in [0.05, 0.1) is 15.0 Å². The molecule has 90 valence electrons. The lowest BCUT2D eigenvalue weighted by Crippen LogP contribution is -1.87. The molecule has 0 aromatic heterocycles. The SMILES string of the molecule is CCCCCCCC/C=C(/SC)S(C)=O. The van der Waals surface area contributed by atoms with Crippen LogP contribution in [0.5, 0.6) is 0 Å². The van der Waals surface area contributed by atoms with E-state index in [-0.39, 0.29) is 0 Å². The highest BCUT2D eigenvalue weighted by atomic mass is 32.2. The second-order valence-corrected chi connectivity index (χ2v) is 6.19. The van der Waals surface area contributed by atoms with E-state index in [0.29, 0.717) is 0 Å². The van der Waals surface area contributed by atoms with Crippen molar-refractivity contribution < 1.29 is 4.21 Å². The minimum atomic E-state index is -0.790. The van der Waals surface area contributed by atoms with Crippen LogP contribution in [-0.4, -0.2) is 16.7 Å². The largest absolute Gasteiger partial charge is 0.254 e. The Balaban J connectivity index is 3.46. The zero-order chi connectivity index (χ0) is 11.5. The molecule has 0 spiro atoms. The first-order valence-electron chi connectivity index (χ1n) is 5.80. The molecule has 0 aliphatic heterocycles. The molecule has 0 saturated carbocycles. The Morgan fingerprint density at radius 1 is 1.20 bits per heavy atom. The molecule has 0 aromatic carbocycles. The van der Waals surface area contributed by atoms with E-state index in [0.717, 1.165) is 10.7 Å². The summed E-state index contributed by atoms with van der Waals surface area (Å²) in [6, 6.07) is 0. The van der Waals surface area contributed by atoms with Crippen LogP contribution in [0.2, 0.25) is 0 Å². The minimum Gasteiger partial charge on any atom is -0.254 e. The van der Waals surface area contributed by atoms with Crippen molar-refractivity contribution >= 4 is 22.6 Å². The lowest BCUT2D eigenvalue weighted by molar-refractivity contribution is 0.611. The molecule has 15 heavy (non-hydrogen) atoms. The van der Waals surface area contributed by atoms with E-state index in [1.807, 2.05) is 6.26 Å². The molecule has 0 N–H and O–H groups in total. The van der Waals surface area contributed by atoms with E-state index in [9.17, 15) is 4.21 Å². The van der Waals surface area contributed by atoms with Crippen molar-refractivity contribution in [2.24, 2.45) is 0 Å². The number of allylic oxidation sites excluding steroid dienone is 1. The molecule has 0 amide bonds. The van der Waals surface area contributed by atoms with Crippen LogP contribution in [0.4, 0.5) is 0 Å². The van der Waals surface area contributed by atoms with Crippen molar-refractivity contribution in [3.8, 4) is 0 Å². The van der Waals surface area contributed by atoms with Gasteiger partial charge in [-0.25, -0.2) is 0 Å². The average molecular weight is 248 g/mol. The van der Waals surface area contributed by atoms with Crippen LogP contribution in [0.25, 0.3) is 0 Å². The maximum Gasteiger partial charge on any atom is 0.0670 e. The second-order valence-electron chi connectivity index (χ2n) is 3.74. The first-order chi connectivity index (χ1) is 7.22. The fourth-order valence-corrected chi connectivity index (χ4v) is 3.04. The third kappa shape index (κ3) is 9.19. The predicted molar refractivity (Wildman–Crippen MR) is 73.7 cm³/mol. The van der Waals surface area contributed by atoms with Crippen molar-refractivity contribution in [3.63, 3.8) is 0 Å². The Morgan fingerprint density at radius 3 is 2.33 bits per heavy atom. The first kappa shape index (κ1) is 15.2. The zero-order valence-electron chi connectivity index (χ0n) is 10.3. The molecular formula is C12H24OS2. The Labute approximate surface area is 102 Å². The number of unbranched alkanes of at least 4 members (excludes halogenated alkanes) is 6. The topological polar surface area (TPSA) is 17.1 Å². The minimum absolute atomic E-state index is 0.790. The second kappa shape index (κ2) is 10.7. The van der Waals surface area contributed by atoms with Gasteiger partial charge in [-0.05, 0) is 19.1 Å². The van der Waals surface area contributed by atoms with Gasteiger partial charge < -0.3 is 0 Å². The maximum atomic E-state index is 11.2. The molecule has 0 aliphatic rings. The Kier molecular flexibility index (Phi) is 10.9. The summed E-state index contributed by atoms with van der Waals surface area (Å²) in [6.45, 7) is 2.24. The van der Waals surface area contributed by atoms with Crippen molar-refractivity contribution in [2.75, 3.05) is 12.5 Å².